The number of carbonyl (C=O) groups excluding carboxylic acids is 1. The Morgan fingerprint density at radius 1 is 1.16 bits per heavy atom. The van der Waals surface area contributed by atoms with Crippen LogP contribution in [0.5, 0.6) is 0 Å². The lowest BCUT2D eigenvalue weighted by molar-refractivity contribution is -0.335. The van der Waals surface area contributed by atoms with Crippen LogP contribution in [0.3, 0.4) is 0 Å². The van der Waals surface area contributed by atoms with Gasteiger partial charge in [-0.05, 0) is 85.5 Å². The summed E-state index contributed by atoms with van der Waals surface area (Å²) in [5.74, 6) is 2.71. The van der Waals surface area contributed by atoms with Crippen LogP contribution in [0.4, 0.5) is 0 Å². The molecular weight excluding hydrogens is 398 g/mol. The topological polar surface area (TPSA) is 65.4 Å². The lowest BCUT2D eigenvalue weighted by Crippen LogP contribution is -2.79. The van der Waals surface area contributed by atoms with Gasteiger partial charge in [0.2, 0.25) is 5.91 Å². The first kappa shape index (κ1) is 22.7. The molecule has 4 bridgehead atoms. The minimum atomic E-state index is -0.292. The number of nitriles is 1. The van der Waals surface area contributed by atoms with E-state index >= 15 is 0 Å². The van der Waals surface area contributed by atoms with Gasteiger partial charge in [-0.2, -0.15) is 5.26 Å². The van der Waals surface area contributed by atoms with E-state index in [4.69, 9.17) is 4.74 Å². The minimum Gasteiger partial charge on any atom is -0.377 e. The quantitative estimate of drug-likeness (QED) is 0.333. The maximum atomic E-state index is 14.3. The first-order chi connectivity index (χ1) is 14.8. The van der Waals surface area contributed by atoms with Crippen LogP contribution in [-0.2, 0) is 9.53 Å². The number of methoxy groups -OCH3 is 1. The van der Waals surface area contributed by atoms with Crippen LogP contribution in [0.15, 0.2) is 0 Å². The minimum absolute atomic E-state index is 0. The molecule has 32 heavy (non-hydrogen) atoms. The first-order valence-electron chi connectivity index (χ1n) is 12.8. The van der Waals surface area contributed by atoms with Gasteiger partial charge in [0, 0.05) is 152 Å². The number of hydrogen-bond acceptors (Lipinski definition) is 4. The molecule has 6 unspecified atom stereocenters. The lowest BCUT2D eigenvalue weighted by Gasteiger charge is -2.78. The van der Waals surface area contributed by atoms with Crippen molar-refractivity contribution in [2.75, 3.05) is 14.2 Å². The largest absolute Gasteiger partial charge is 0.377 e. The van der Waals surface area contributed by atoms with Crippen molar-refractivity contribution in [1.82, 2.24) is 10.2 Å². The molecule has 374 valence electrons. The molecule has 5 heteroatoms. The smallest absolute Gasteiger partial charge is 0.241 e. The SMILES string of the molecule is CN[C@H](C(=O)N1[C@H](C#N)C[C@@H]2[C@@H](C)[C@@]21C)C12CC3C(C)C(C)(C1)C(C)(C)C(OC)(C2)C3C.[HH].[HH].[HH].[HH].[HH].[HH].[HH].[HH].[HH].[HH].[HH].[HH].[HH].[HH].[HH].[HH].[HH].[HH].[HH].[HH].[HH].[HH].[HH].[HH].[HH].[HH].[HH].[HH].[HH].[HH].[HH].[HH].[HH].[HH].[HH].[HH].[HH].[HH].[HH].[HH].[HH].[HH].[HH].[HH].[HH].[HH].[HH].[HH].[HH].[HH].[HH].[HH].[HH].[HH].[HH].[HH].[HH].[HH].[HH].[HH].[HH].[HH].[HH].[HH].[HH].[HH].[HH].[HH].[HH].[HH].[HH].[HH].[HH].[HH].[HH].[HH].[HH].[HH].[HH].[HH].[HH].[HH].[HH].[HH].[HH].[HH].[HH].[HH].[HH].[HH].[HH].[HH].[HH].[HH].[HH].[HH].[HH].[HH]. The molecule has 1 N–H and O–H groups in total. The third-order valence-electron chi connectivity index (χ3n) is 12.9. The van der Waals surface area contributed by atoms with Crippen molar-refractivity contribution in [3.8, 4) is 6.07 Å². The zero-order valence-electron chi connectivity index (χ0n) is 21.6. The highest BCUT2D eigenvalue weighted by Crippen LogP contribution is 2.78. The number of rotatable bonds is 4. The van der Waals surface area contributed by atoms with Gasteiger partial charge in [0.25, 0.3) is 0 Å². The average Bonchev–Trinajstić information content (AvgIpc) is 3.10. The second kappa shape index (κ2) is 6.30. The van der Waals surface area contributed by atoms with E-state index in [1.807, 2.05) is 19.1 Å². The van der Waals surface area contributed by atoms with Gasteiger partial charge in [-0.1, -0.05) is 41.5 Å². The van der Waals surface area contributed by atoms with Crippen molar-refractivity contribution in [2.24, 2.45) is 45.8 Å². The summed E-state index contributed by atoms with van der Waals surface area (Å²) in [5, 5.41) is 13.4. The summed E-state index contributed by atoms with van der Waals surface area (Å²) in [6.45, 7) is 16.6. The number of nitrogens with one attached hydrogen (secondary N) is 1. The Balaban J connectivity index is -0.00000000144. The second-order valence-corrected chi connectivity index (χ2v) is 13.2. The molecule has 0 aromatic heterocycles. The molecular formula is C27H239N3O2. The van der Waals surface area contributed by atoms with E-state index in [2.05, 4.69) is 59.9 Å². The number of ether oxygens (including phenoxy) is 1. The highest BCUT2D eigenvalue weighted by atomic mass is 16.5. The molecule has 1 aliphatic heterocycles. The van der Waals surface area contributed by atoms with Gasteiger partial charge in [-0.15, -0.1) is 0 Å². The van der Waals surface area contributed by atoms with Gasteiger partial charge in [-0.3, -0.25) is 4.79 Å². The lowest BCUT2D eigenvalue weighted by atomic mass is 9.29. The van der Waals surface area contributed by atoms with E-state index in [0.29, 0.717) is 29.6 Å². The highest BCUT2D eigenvalue weighted by Gasteiger charge is 2.78. The fourth-order valence-electron chi connectivity index (χ4n) is 10.4. The van der Waals surface area contributed by atoms with Crippen molar-refractivity contribution >= 4 is 5.91 Å². The van der Waals surface area contributed by atoms with Gasteiger partial charge in [0.15, 0.2) is 0 Å². The molecule has 6 aliphatic rings. The Morgan fingerprint density at radius 2 is 1.81 bits per heavy atom. The fourth-order valence-corrected chi connectivity index (χ4v) is 10.4. The number of piperidine rings is 1. The summed E-state index contributed by atoms with van der Waals surface area (Å²) < 4.78 is 6.52. The van der Waals surface area contributed by atoms with Gasteiger partial charge in [0.05, 0.1) is 17.7 Å². The van der Waals surface area contributed by atoms with Gasteiger partial charge < -0.3 is 15.0 Å². The molecule has 5 saturated carbocycles. The van der Waals surface area contributed by atoms with Crippen LogP contribution < -0.4 is 5.32 Å². The van der Waals surface area contributed by atoms with E-state index in [0.717, 1.165) is 25.7 Å². The number of hydrogen-bond donors (Lipinski definition) is 1. The standard InChI is InChI=1S/C27H43N3O2.98H2/c1-15-19-11-26(13-24(15,6)23(4,5)27(14-26,32-9)16(19)2)21(29-8)22(31)30-18(12-28)10-20-17(3)25(20,30)7;;;;;;;;;;;;;;;;;;;;;;;;;;;;;;;;;;;;;;;;;;;;;;;;;;;;;;;;;;;;;;;;;;;;;;;;;;;;;;;;;;;;;;;;;;;;;;;;;;/h15-21,29H,10-11,13-14H2,1-9H3;98*1H/t15?,16?,17-,18+,19?,20-,21-,24?,25+,26?,27?;;;;;;;;;;;;;;;;;;;;;;;;;;;;;;;;;;;;;;;;;;;;;;;;;;;;;;;;;;;;;;;;;;;;;;;;;;;;;;;;;;;;;;;;;;;;;;;;;;/m1................................................................................................../s1. The summed E-state index contributed by atoms with van der Waals surface area (Å²) in [7, 11) is 3.85. The van der Waals surface area contributed by atoms with Gasteiger partial charge >= 0.3 is 0 Å². The molecule has 1 saturated heterocycles. The number of likely N-dealkylation sites (N-methyl/N-ethyl adjacent to an activating group) is 1. The van der Waals surface area contributed by atoms with Gasteiger partial charge in [0.1, 0.15) is 6.04 Å². The molecule has 0 aromatic carbocycles. The predicted molar refractivity (Wildman–Crippen MR) is 332 cm³/mol. The molecule has 0 radical (unpaired) electrons. The predicted octanol–water partition coefficient (Wildman–Crippen LogP) is 28.3. The van der Waals surface area contributed by atoms with Crippen LogP contribution in [-0.4, -0.2) is 48.2 Å². The summed E-state index contributed by atoms with van der Waals surface area (Å²) in [6, 6.07) is 1.90. The molecule has 6 rings (SSSR count). The number of fused-ring (bicyclic) bond motifs is 1. The number of carbonyl (C=O) groups is 1. The Hall–Kier alpha value is -1.12. The summed E-state index contributed by atoms with van der Waals surface area (Å²) in [4.78, 5) is 16.3. The van der Waals surface area contributed by atoms with E-state index in [1.54, 1.807) is 0 Å². The Bertz CT molecular complexity index is 1000. The number of amides is 1. The molecule has 0 aromatic rings. The summed E-state index contributed by atoms with van der Waals surface area (Å²) >= 11 is 0. The average molecular weight is 639 g/mol. The van der Waals surface area contributed by atoms with Crippen LogP contribution in [0.2, 0.25) is 0 Å². The summed E-state index contributed by atoms with van der Waals surface area (Å²) in [5.41, 5.74) is -0.394. The Morgan fingerprint density at radius 3 is 2.38 bits per heavy atom. The van der Waals surface area contributed by atoms with Crippen LogP contribution >= 0.6 is 0 Å². The molecule has 1 heterocycles. The second-order valence-electron chi connectivity index (χ2n) is 13.2. The number of nitrogens with zero attached hydrogens (tertiary/aromatic N) is 2. The van der Waals surface area contributed by atoms with Crippen molar-refractivity contribution < 1.29 is 149 Å². The van der Waals surface area contributed by atoms with E-state index in [-0.39, 0.29) is 185 Å². The molecule has 6 fully saturated rings. The Kier molecular flexibility index (Phi) is 4.46. The summed E-state index contributed by atoms with van der Waals surface area (Å²) in [6.07, 6.45) is 3.86. The zero-order valence-corrected chi connectivity index (χ0v) is 21.6. The van der Waals surface area contributed by atoms with Crippen molar-refractivity contribution in [1.29, 1.82) is 5.26 Å². The molecule has 5 nitrogen and oxygen atoms in total. The highest BCUT2D eigenvalue weighted by molar-refractivity contribution is 5.85. The fraction of sp³-hybridized carbons (Fsp3) is 0.926. The van der Waals surface area contributed by atoms with Crippen molar-refractivity contribution in [2.45, 2.75) is 97.4 Å². The van der Waals surface area contributed by atoms with E-state index in [9.17, 15) is 10.1 Å². The maximum Gasteiger partial charge on any atom is 0.241 e. The third kappa shape index (κ3) is 2.12. The van der Waals surface area contributed by atoms with Crippen molar-refractivity contribution in [3.05, 3.63) is 0 Å². The Labute approximate surface area is 340 Å². The van der Waals surface area contributed by atoms with Crippen LogP contribution in [0.25, 0.3) is 0 Å². The van der Waals surface area contributed by atoms with Crippen LogP contribution in [0.1, 0.15) is 214 Å². The first-order valence-corrected chi connectivity index (χ1v) is 12.8. The normalized spacial score (nSPS) is 55.4. The van der Waals surface area contributed by atoms with E-state index in [1.165, 1.54) is 0 Å². The third-order valence-corrected chi connectivity index (χ3v) is 12.9. The van der Waals surface area contributed by atoms with Crippen LogP contribution in [0, 0.1) is 57.2 Å². The molecule has 1 amide bonds. The van der Waals surface area contributed by atoms with E-state index < -0.39 is 0 Å². The molecule has 11 atom stereocenters. The maximum absolute atomic E-state index is 14.3. The number of likely N-dealkylation sites (tertiary alicyclic amines) is 1. The molecule has 0 spiro atoms. The molecule has 5 aliphatic carbocycles. The zero-order chi connectivity index (χ0) is 23.6. The van der Waals surface area contributed by atoms with Crippen molar-refractivity contribution in [3.63, 3.8) is 0 Å². The monoisotopic (exact) mass is 639 g/mol. The van der Waals surface area contributed by atoms with Gasteiger partial charge in [-0.25, -0.2) is 0 Å².